The van der Waals surface area contributed by atoms with E-state index < -0.39 is 10.0 Å². The maximum Gasteiger partial charge on any atom is 1.00 e. The van der Waals surface area contributed by atoms with E-state index in [-0.39, 0.29) is 51.9 Å². The van der Waals surface area contributed by atoms with Gasteiger partial charge in [-0.1, -0.05) is 0 Å². The molecule has 0 bridgehead atoms. The average Bonchev–Trinajstić information content (AvgIpc) is 2.47. The molecule has 0 fully saturated rings. The van der Waals surface area contributed by atoms with Crippen molar-refractivity contribution >= 4 is 21.5 Å². The molecule has 0 aliphatic carbocycles. The van der Waals surface area contributed by atoms with Crippen LogP contribution in [0.4, 0.5) is 11.5 Å². The van der Waals surface area contributed by atoms with Gasteiger partial charge in [0.2, 0.25) is 10.0 Å². The number of aromatic nitrogens is 2. The molecule has 1 aromatic heterocycles. The quantitative estimate of drug-likeness (QED) is 0.521. The smallest absolute Gasteiger partial charge is 0.491 e. The predicted molar refractivity (Wildman–Crippen MR) is 76.2 cm³/mol. The van der Waals surface area contributed by atoms with Gasteiger partial charge in [0.05, 0.1) is 19.1 Å². The number of nitrogens with two attached hydrogens (primary N) is 1. The van der Waals surface area contributed by atoms with Crippen LogP contribution in [-0.2, 0) is 10.0 Å². The van der Waals surface area contributed by atoms with Gasteiger partial charge in [0, 0.05) is 17.8 Å². The Balaban J connectivity index is 0.00000242. The molecule has 112 valence electrons. The van der Waals surface area contributed by atoms with Crippen LogP contribution < -0.4 is 44.8 Å². The molecule has 0 radical (unpaired) electrons. The number of methoxy groups -OCH3 is 2. The van der Waals surface area contributed by atoms with E-state index in [1.807, 2.05) is 0 Å². The van der Waals surface area contributed by atoms with Crippen LogP contribution in [-0.4, -0.2) is 32.6 Å². The summed E-state index contributed by atoms with van der Waals surface area (Å²) in [5.41, 5.74) is 5.98. The Morgan fingerprint density at radius 2 is 1.73 bits per heavy atom. The minimum atomic E-state index is -3.94. The summed E-state index contributed by atoms with van der Waals surface area (Å²) in [4.78, 5) is 7.61. The number of anilines is 1. The van der Waals surface area contributed by atoms with Crippen molar-refractivity contribution in [2.24, 2.45) is 0 Å². The Morgan fingerprint density at radius 1 is 1.09 bits per heavy atom. The van der Waals surface area contributed by atoms with Gasteiger partial charge in [-0.25, -0.2) is 13.4 Å². The number of sulfonamides is 1. The maximum atomic E-state index is 12.2. The van der Waals surface area contributed by atoms with Gasteiger partial charge in [0.25, 0.3) is 5.88 Å². The monoisotopic (exact) mass is 332 g/mol. The summed E-state index contributed by atoms with van der Waals surface area (Å²) < 4.78 is 38.1. The van der Waals surface area contributed by atoms with Crippen LogP contribution >= 0.6 is 0 Å². The topological polar surface area (TPSA) is 118 Å². The Bertz CT molecular complexity index is 737. The second-order valence-corrected chi connectivity index (χ2v) is 5.48. The van der Waals surface area contributed by atoms with Crippen LogP contribution in [0.3, 0.4) is 0 Å². The van der Waals surface area contributed by atoms with Crippen molar-refractivity contribution in [3.63, 3.8) is 0 Å². The van der Waals surface area contributed by atoms with Gasteiger partial charge in [0.15, 0.2) is 5.75 Å². The fourth-order valence-corrected chi connectivity index (χ4v) is 2.49. The van der Waals surface area contributed by atoms with Gasteiger partial charge in [0.1, 0.15) is 0 Å². The first-order valence-electron chi connectivity index (χ1n) is 5.74. The van der Waals surface area contributed by atoms with E-state index in [9.17, 15) is 8.42 Å². The Hall–Kier alpha value is -1.55. The van der Waals surface area contributed by atoms with E-state index in [1.165, 1.54) is 38.5 Å². The summed E-state index contributed by atoms with van der Waals surface area (Å²) in [7, 11) is -1.22. The molecular weight excluding hydrogens is 319 g/mol. The van der Waals surface area contributed by atoms with E-state index in [0.29, 0.717) is 5.69 Å². The summed E-state index contributed by atoms with van der Waals surface area (Å²) in [6.07, 6.45) is 1.14. The summed E-state index contributed by atoms with van der Waals surface area (Å²) >= 11 is 0. The zero-order valence-electron chi connectivity index (χ0n) is 12.3. The molecule has 0 spiro atoms. The van der Waals surface area contributed by atoms with E-state index in [0.717, 1.165) is 6.33 Å². The van der Waals surface area contributed by atoms with E-state index >= 15 is 0 Å². The molecule has 2 rings (SSSR count). The number of benzene rings is 1. The molecule has 0 atom stereocenters. The van der Waals surface area contributed by atoms with Gasteiger partial charge >= 0.3 is 29.6 Å². The number of hydrogen-bond acceptors (Lipinski definition) is 7. The SMILES string of the molecule is COc1ncnc([N-]S(=O)(=O)c2ccc(N)cc2)c1OC.[Na+]. The first-order chi connectivity index (χ1) is 9.97. The molecule has 0 aliphatic rings. The molecule has 8 nitrogen and oxygen atoms in total. The van der Waals surface area contributed by atoms with Crippen molar-refractivity contribution < 1.29 is 47.4 Å². The fourth-order valence-electron chi connectivity index (χ4n) is 1.54. The predicted octanol–water partition coefficient (Wildman–Crippen LogP) is -1.53. The van der Waals surface area contributed by atoms with Crippen molar-refractivity contribution in [1.82, 2.24) is 9.97 Å². The van der Waals surface area contributed by atoms with Crippen LogP contribution in [0.5, 0.6) is 11.6 Å². The molecule has 2 aromatic rings. The molecule has 1 aromatic carbocycles. The molecule has 0 saturated carbocycles. The molecule has 0 aliphatic heterocycles. The van der Waals surface area contributed by atoms with Crippen LogP contribution in [0.15, 0.2) is 35.5 Å². The minimum absolute atomic E-state index is 0. The molecule has 0 saturated heterocycles. The fraction of sp³-hybridized carbons (Fsp3) is 0.167. The van der Waals surface area contributed by atoms with Gasteiger partial charge in [-0.05, 0) is 24.3 Å². The number of rotatable bonds is 5. The van der Waals surface area contributed by atoms with E-state index in [4.69, 9.17) is 15.2 Å². The summed E-state index contributed by atoms with van der Waals surface area (Å²) in [6.45, 7) is 0. The Kier molecular flexibility index (Phi) is 6.42. The van der Waals surface area contributed by atoms with Crippen LogP contribution in [0, 0.1) is 0 Å². The number of nitrogen functional groups attached to an aromatic ring is 1. The van der Waals surface area contributed by atoms with Crippen LogP contribution in [0.2, 0.25) is 0 Å². The van der Waals surface area contributed by atoms with Gasteiger partial charge in [-0.3, -0.25) is 0 Å². The third-order valence-electron chi connectivity index (χ3n) is 2.53. The third-order valence-corrected chi connectivity index (χ3v) is 3.82. The minimum Gasteiger partial charge on any atom is -0.491 e. The molecule has 1 heterocycles. The summed E-state index contributed by atoms with van der Waals surface area (Å²) in [6, 6.07) is 5.67. The third kappa shape index (κ3) is 4.01. The number of nitrogens with zero attached hydrogens (tertiary/aromatic N) is 3. The van der Waals surface area contributed by atoms with Crippen molar-refractivity contribution in [3.05, 3.63) is 35.3 Å². The van der Waals surface area contributed by atoms with Gasteiger partial charge in [-0.2, -0.15) is 0 Å². The van der Waals surface area contributed by atoms with E-state index in [1.54, 1.807) is 0 Å². The van der Waals surface area contributed by atoms with Crippen molar-refractivity contribution in [2.45, 2.75) is 4.90 Å². The maximum absolute atomic E-state index is 12.2. The first kappa shape index (κ1) is 18.5. The Morgan fingerprint density at radius 3 is 2.27 bits per heavy atom. The van der Waals surface area contributed by atoms with Crippen LogP contribution in [0.1, 0.15) is 0 Å². The van der Waals surface area contributed by atoms with Gasteiger partial charge < -0.3 is 24.9 Å². The zero-order chi connectivity index (χ0) is 15.5. The number of ether oxygens (including phenoxy) is 2. The summed E-state index contributed by atoms with van der Waals surface area (Å²) in [5, 5.41) is 0. The molecule has 0 amide bonds. The zero-order valence-corrected chi connectivity index (χ0v) is 15.2. The molecule has 22 heavy (non-hydrogen) atoms. The number of hydrogen-bond donors (Lipinski definition) is 1. The second kappa shape index (κ2) is 7.63. The normalized spacial score (nSPS) is 10.5. The molecule has 2 N–H and O–H groups in total. The van der Waals surface area contributed by atoms with Gasteiger partial charge in [-0.15, -0.1) is 0 Å². The average molecular weight is 332 g/mol. The Labute approximate surface area is 150 Å². The standard InChI is InChI=1S/C12H13N4O4S.Na/c1-19-10-11(14-7-15-12(10)20-2)16-21(17,18)9-5-3-8(13)4-6-9;/h3-7H,13H2,1-2H3;/q-1;+1. The van der Waals surface area contributed by atoms with Crippen molar-refractivity contribution in [1.29, 1.82) is 0 Å². The molecular formula is C12H13N4NaO4S. The summed E-state index contributed by atoms with van der Waals surface area (Å²) in [5.74, 6) is -0.000971. The largest absolute Gasteiger partial charge is 1.00 e. The van der Waals surface area contributed by atoms with Crippen molar-refractivity contribution in [2.75, 3.05) is 20.0 Å². The molecule has 0 unspecified atom stereocenters. The van der Waals surface area contributed by atoms with Crippen molar-refractivity contribution in [3.8, 4) is 11.6 Å². The van der Waals surface area contributed by atoms with Crippen LogP contribution in [0.25, 0.3) is 4.72 Å². The second-order valence-electron chi connectivity index (χ2n) is 3.88. The van der Waals surface area contributed by atoms with E-state index in [2.05, 4.69) is 14.7 Å². The molecule has 10 heteroatoms. The first-order valence-corrected chi connectivity index (χ1v) is 7.18.